The number of aromatic amines is 1. The van der Waals surface area contributed by atoms with Gasteiger partial charge in [0, 0.05) is 29.5 Å². The zero-order chi connectivity index (χ0) is 49.8. The average Bonchev–Trinajstić information content (AvgIpc) is 3.80. The second kappa shape index (κ2) is 20.0. The lowest BCUT2D eigenvalue weighted by atomic mass is 9.85. The van der Waals surface area contributed by atoms with Crippen molar-refractivity contribution in [3.63, 3.8) is 0 Å². The number of unbranched alkanes of at least 4 members (excludes halogenated alkanes) is 1. The first-order chi connectivity index (χ1) is 34.1. The molecule has 0 radical (unpaired) electrons. The molecule has 6 aromatic rings. The fourth-order valence-corrected chi connectivity index (χ4v) is 12.5. The molecule has 0 bridgehead atoms. The minimum atomic E-state index is -1.96. The Balaban J connectivity index is 0.765. The normalized spacial score (nSPS) is 20.3. The third-order valence-electron chi connectivity index (χ3n) is 15.4. The Morgan fingerprint density at radius 2 is 1.82 bits per heavy atom. The van der Waals surface area contributed by atoms with Crippen molar-refractivity contribution in [1.29, 1.82) is 0 Å². The van der Waals surface area contributed by atoms with Crippen LogP contribution in [0.5, 0.6) is 5.75 Å². The van der Waals surface area contributed by atoms with Gasteiger partial charge in [-0.15, -0.1) is 11.3 Å². The van der Waals surface area contributed by atoms with Crippen molar-refractivity contribution in [3.8, 4) is 16.2 Å². The monoisotopic (exact) mass is 1050 g/mol. The summed E-state index contributed by atoms with van der Waals surface area (Å²) >= 11 is 5.19. The number of benzene rings is 3. The molecule has 4 N–H and O–H groups in total. The number of thiazole rings is 1. The number of alkyl halides is 1. The van der Waals surface area contributed by atoms with Gasteiger partial charge in [-0.05, 0) is 159 Å². The number of hydrogen-bond acceptors (Lipinski definition) is 9. The predicted octanol–water partition coefficient (Wildman–Crippen LogP) is 8.18. The second-order valence-corrected chi connectivity index (χ2v) is 23.1. The molecule has 2 saturated carbocycles. The molecule has 71 heavy (non-hydrogen) atoms. The molecule has 376 valence electrons. The number of nitrogens with one attached hydrogen (secondary N) is 3. The molecular formula is C54H65BrFN8O6S+. The van der Waals surface area contributed by atoms with Crippen LogP contribution in [0.2, 0.25) is 0 Å². The van der Waals surface area contributed by atoms with E-state index in [-0.39, 0.29) is 37.9 Å². The molecule has 4 fully saturated rings. The Hall–Kier alpha value is -5.23. The van der Waals surface area contributed by atoms with Crippen LogP contribution in [0.1, 0.15) is 120 Å². The molecule has 14 nitrogen and oxygen atoms in total. The van der Waals surface area contributed by atoms with Gasteiger partial charge in [0.15, 0.2) is 5.67 Å². The maximum Gasteiger partial charge on any atom is 0.371 e. The minimum Gasteiger partial charge on any atom is -0.493 e. The van der Waals surface area contributed by atoms with Crippen molar-refractivity contribution in [1.82, 2.24) is 35.0 Å². The number of β-amino-alcohol motifs (C(OH)–C–C–N with tert-alkyl or cyclic N) is 1. The smallest absolute Gasteiger partial charge is 0.371 e. The first-order valence-corrected chi connectivity index (χ1v) is 27.1. The zero-order valence-electron chi connectivity index (χ0n) is 41.1. The number of piperidine rings is 1. The van der Waals surface area contributed by atoms with Crippen molar-refractivity contribution >= 4 is 72.7 Å². The Labute approximate surface area is 425 Å². The summed E-state index contributed by atoms with van der Waals surface area (Å²) in [6.45, 7) is 10.9. The first-order valence-electron chi connectivity index (χ1n) is 25.4. The third-order valence-corrected chi connectivity index (χ3v) is 17.0. The van der Waals surface area contributed by atoms with E-state index in [2.05, 4.69) is 68.6 Å². The van der Waals surface area contributed by atoms with E-state index < -0.39 is 47.0 Å². The van der Waals surface area contributed by atoms with Gasteiger partial charge in [0.25, 0.3) is 5.91 Å². The number of H-pyrrole nitrogens is 1. The SMILES string of the molecule is Cc1ncsc1-c1ccc(CNC(=O)[C@@H]2C[C@@H](O)CN2C(=O)[C@@H](NC(=O)C2(F)CC2)C(C)(C)C)c(OCCCCN2CCC(c3ccc4c(c3)n(C3CCCC3)c3[nH]c(=O)c5c(Br)cccc5[n+]43)CC2)c1. The van der Waals surface area contributed by atoms with Gasteiger partial charge < -0.3 is 30.3 Å². The molecule has 17 heteroatoms. The number of hydrogen-bond donors (Lipinski definition) is 4. The van der Waals surface area contributed by atoms with Gasteiger partial charge in [-0.25, -0.2) is 18.9 Å². The Morgan fingerprint density at radius 1 is 1.04 bits per heavy atom. The molecule has 3 amide bonds. The van der Waals surface area contributed by atoms with Crippen LogP contribution in [-0.2, 0) is 20.9 Å². The number of halogens is 2. The molecule has 3 atom stereocenters. The number of aliphatic hydroxyl groups excluding tert-OH is 1. The van der Waals surface area contributed by atoms with Crippen LogP contribution >= 0.6 is 27.3 Å². The number of aromatic nitrogens is 4. The molecule has 0 unspecified atom stereocenters. The van der Waals surface area contributed by atoms with Gasteiger partial charge in [-0.2, -0.15) is 4.40 Å². The Kier molecular flexibility index (Phi) is 13.9. The van der Waals surface area contributed by atoms with Crippen molar-refractivity contribution in [2.75, 3.05) is 32.8 Å². The van der Waals surface area contributed by atoms with E-state index in [0.29, 0.717) is 29.7 Å². The summed E-state index contributed by atoms with van der Waals surface area (Å²) in [5, 5.41) is 17.0. The lowest BCUT2D eigenvalue weighted by molar-refractivity contribution is -0.454. The highest BCUT2D eigenvalue weighted by atomic mass is 79.9. The number of amides is 3. The fourth-order valence-electron chi connectivity index (χ4n) is 11.2. The van der Waals surface area contributed by atoms with Crippen LogP contribution in [0.15, 0.2) is 69.4 Å². The van der Waals surface area contributed by atoms with E-state index in [9.17, 15) is 28.7 Å². The van der Waals surface area contributed by atoms with Crippen LogP contribution < -0.4 is 25.3 Å². The third kappa shape index (κ3) is 10.00. The molecule has 3 aromatic heterocycles. The fraction of sp³-hybridized carbons (Fsp3) is 0.519. The van der Waals surface area contributed by atoms with E-state index in [1.165, 1.54) is 28.8 Å². The molecular weight excluding hydrogens is 988 g/mol. The van der Waals surface area contributed by atoms with Gasteiger partial charge in [-0.3, -0.25) is 19.2 Å². The van der Waals surface area contributed by atoms with E-state index in [4.69, 9.17) is 4.74 Å². The molecule has 2 aliphatic heterocycles. The van der Waals surface area contributed by atoms with Gasteiger partial charge in [0.1, 0.15) is 39.8 Å². The molecule has 10 rings (SSSR count). The first kappa shape index (κ1) is 49.4. The number of fused-ring (bicyclic) bond motifs is 5. The number of carbonyl (C=O) groups excluding carboxylic acids is 3. The van der Waals surface area contributed by atoms with Crippen LogP contribution in [0, 0.1) is 12.3 Å². The highest BCUT2D eigenvalue weighted by molar-refractivity contribution is 9.10. The molecule has 3 aromatic carbocycles. The summed E-state index contributed by atoms with van der Waals surface area (Å²) in [6.07, 6.45) is 7.90. The number of rotatable bonds is 15. The number of nitrogens with zero attached hydrogens (tertiary/aromatic N) is 5. The Bertz CT molecular complexity index is 3060. The topological polar surface area (TPSA) is 166 Å². The van der Waals surface area contributed by atoms with E-state index >= 15 is 0 Å². The number of likely N-dealkylation sites (tertiary alicyclic amines) is 2. The number of imidazole rings is 1. The van der Waals surface area contributed by atoms with Crippen molar-refractivity contribution in [3.05, 3.63) is 91.8 Å². The van der Waals surface area contributed by atoms with Crippen LogP contribution in [0.4, 0.5) is 4.39 Å². The summed E-state index contributed by atoms with van der Waals surface area (Å²) < 4.78 is 26.6. The number of ether oxygens (including phenoxy) is 1. The van der Waals surface area contributed by atoms with E-state index in [0.717, 1.165) is 101 Å². The maximum absolute atomic E-state index is 14.7. The average molecular weight is 1050 g/mol. The minimum absolute atomic E-state index is 0.0437. The van der Waals surface area contributed by atoms with Crippen LogP contribution in [0.3, 0.4) is 0 Å². The second-order valence-electron chi connectivity index (χ2n) is 21.4. The van der Waals surface area contributed by atoms with Crippen LogP contribution in [-0.4, -0.2) is 104 Å². The van der Waals surface area contributed by atoms with Gasteiger partial charge in [0.2, 0.25) is 11.8 Å². The summed E-state index contributed by atoms with van der Waals surface area (Å²) in [6, 6.07) is 17.2. The lowest BCUT2D eigenvalue weighted by Gasteiger charge is -2.35. The highest BCUT2D eigenvalue weighted by Gasteiger charge is 2.53. The molecule has 2 saturated heterocycles. The van der Waals surface area contributed by atoms with Crippen LogP contribution in [0.25, 0.3) is 38.2 Å². The molecule has 5 heterocycles. The summed E-state index contributed by atoms with van der Waals surface area (Å²) in [5.41, 5.74) is 6.24. The summed E-state index contributed by atoms with van der Waals surface area (Å²) in [4.78, 5) is 66.8. The largest absolute Gasteiger partial charge is 0.493 e. The quantitative estimate of drug-likeness (QED) is 0.0591. The van der Waals surface area contributed by atoms with Gasteiger partial charge in [-0.1, -0.05) is 45.0 Å². The molecule has 2 aliphatic carbocycles. The van der Waals surface area contributed by atoms with E-state index in [1.807, 2.05) is 48.8 Å². The highest BCUT2D eigenvalue weighted by Crippen LogP contribution is 2.41. The molecule has 0 spiro atoms. The number of carbonyl (C=O) groups is 3. The standard InChI is InChI=1S/C54H64BrFN8O6S/c1-32-46(71-31-58-32)35-14-15-36(29-57-48(66)43-28-38(65)30-62(43)50(68)47(53(2,3)4)59-51(69)54(56)20-21-54)44(27-35)70-25-8-7-22-61-23-18-33(19-24-61)34-16-17-40-42(26-34)63(37-10-5-6-11-37)52-60-49(67)45-39(55)12-9-13-41(45)64(40)52/h9,12-17,26-27,31,33,37-38,43,47,65H,5-8,10-11,18-25,28-30H2,1-4H3,(H2,57,59,66,69)/p+1/t38-,43+,47-/m1/s1. The van der Waals surface area contributed by atoms with Gasteiger partial charge >= 0.3 is 11.3 Å². The van der Waals surface area contributed by atoms with Crippen molar-refractivity contribution < 1.29 is 33.0 Å². The Morgan fingerprint density at radius 3 is 2.54 bits per heavy atom. The molecule has 4 aliphatic rings. The zero-order valence-corrected chi connectivity index (χ0v) is 43.5. The summed E-state index contributed by atoms with van der Waals surface area (Å²) in [5.74, 6) is 0.190. The predicted molar refractivity (Wildman–Crippen MR) is 276 cm³/mol. The van der Waals surface area contributed by atoms with Crippen molar-refractivity contribution in [2.24, 2.45) is 5.41 Å². The summed E-state index contributed by atoms with van der Waals surface area (Å²) in [7, 11) is 0. The number of aryl methyl sites for hydroxylation is 1. The van der Waals surface area contributed by atoms with Gasteiger partial charge in [0.05, 0.1) is 34.8 Å². The maximum atomic E-state index is 14.7. The van der Waals surface area contributed by atoms with Crippen molar-refractivity contribution in [2.45, 2.75) is 141 Å². The number of aliphatic hydroxyl groups is 1. The lowest BCUT2D eigenvalue weighted by Crippen LogP contribution is -2.59. The van der Waals surface area contributed by atoms with E-state index in [1.54, 1.807) is 32.1 Å².